The standard InChI is InChI=1S/C26H24FN5O/c27-20-7-1-2-8-23(20)32-22-9-5-6-19(22)25(30-32)26(33)28-18-13-11-17(12-14-18)21-16-31-15-4-3-10-24(31)29-21/h1-2,7-8,11-14,16H,3-6,9-10,15H2,(H,28,33). The van der Waals surface area contributed by atoms with Crippen molar-refractivity contribution in [3.8, 4) is 16.9 Å². The molecule has 0 saturated carbocycles. The Bertz CT molecular complexity index is 1330. The molecule has 2 aliphatic rings. The number of imidazole rings is 1. The maximum atomic E-state index is 14.4. The molecule has 1 aliphatic heterocycles. The summed E-state index contributed by atoms with van der Waals surface area (Å²) in [6, 6.07) is 14.3. The number of hydrogen-bond acceptors (Lipinski definition) is 3. The van der Waals surface area contributed by atoms with Crippen molar-refractivity contribution in [2.45, 2.75) is 45.1 Å². The number of carbonyl (C=O) groups excluding carboxylic acids is 1. The van der Waals surface area contributed by atoms with Crippen LogP contribution in [0.4, 0.5) is 10.1 Å². The number of anilines is 1. The van der Waals surface area contributed by atoms with Crippen LogP contribution in [0.5, 0.6) is 0 Å². The Labute approximate surface area is 191 Å². The largest absolute Gasteiger partial charge is 0.334 e. The first-order valence-corrected chi connectivity index (χ1v) is 11.5. The van der Waals surface area contributed by atoms with Crippen molar-refractivity contribution in [3.05, 3.63) is 83.3 Å². The summed E-state index contributed by atoms with van der Waals surface area (Å²) >= 11 is 0. The normalized spacial score (nSPS) is 14.7. The highest BCUT2D eigenvalue weighted by molar-refractivity contribution is 6.04. The monoisotopic (exact) mass is 441 g/mol. The second kappa shape index (κ2) is 7.99. The summed E-state index contributed by atoms with van der Waals surface area (Å²) in [6.45, 7) is 1.03. The fraction of sp³-hybridized carbons (Fsp3) is 0.269. The minimum Gasteiger partial charge on any atom is -0.334 e. The summed E-state index contributed by atoms with van der Waals surface area (Å²) in [5.41, 5.74) is 5.27. The third-order valence-electron chi connectivity index (χ3n) is 6.57. The number of fused-ring (bicyclic) bond motifs is 2. The van der Waals surface area contributed by atoms with Crippen molar-refractivity contribution in [1.29, 1.82) is 0 Å². The number of nitrogens with zero attached hydrogens (tertiary/aromatic N) is 4. The van der Waals surface area contributed by atoms with Crippen molar-refractivity contribution in [2.75, 3.05) is 5.32 Å². The number of aryl methyl sites for hydroxylation is 2. The molecule has 3 heterocycles. The van der Waals surface area contributed by atoms with Crippen LogP contribution in [-0.4, -0.2) is 25.2 Å². The number of nitrogens with one attached hydrogen (secondary N) is 1. The predicted molar refractivity (Wildman–Crippen MR) is 124 cm³/mol. The maximum Gasteiger partial charge on any atom is 0.276 e. The first-order valence-electron chi connectivity index (χ1n) is 11.5. The molecule has 0 atom stereocenters. The lowest BCUT2D eigenvalue weighted by molar-refractivity contribution is 0.102. The quantitative estimate of drug-likeness (QED) is 0.487. The molecule has 7 heteroatoms. The van der Waals surface area contributed by atoms with Gasteiger partial charge in [-0.15, -0.1) is 0 Å². The number of rotatable bonds is 4. The Kier molecular flexibility index (Phi) is 4.82. The highest BCUT2D eigenvalue weighted by atomic mass is 19.1. The second-order valence-electron chi connectivity index (χ2n) is 8.71. The van der Waals surface area contributed by atoms with Crippen molar-refractivity contribution >= 4 is 11.6 Å². The zero-order chi connectivity index (χ0) is 22.4. The topological polar surface area (TPSA) is 64.7 Å². The first kappa shape index (κ1) is 19.9. The lowest BCUT2D eigenvalue weighted by atomic mass is 10.1. The number of hydrogen-bond donors (Lipinski definition) is 1. The van der Waals surface area contributed by atoms with Gasteiger partial charge in [-0.25, -0.2) is 14.1 Å². The molecular formula is C26H24FN5O. The molecule has 4 aromatic rings. The van der Waals surface area contributed by atoms with E-state index in [-0.39, 0.29) is 11.7 Å². The van der Waals surface area contributed by atoms with E-state index in [4.69, 9.17) is 4.98 Å². The number of amides is 1. The number of benzene rings is 2. The van der Waals surface area contributed by atoms with Crippen molar-refractivity contribution < 1.29 is 9.18 Å². The molecule has 6 rings (SSSR count). The molecule has 33 heavy (non-hydrogen) atoms. The number of halogens is 1. The van der Waals surface area contributed by atoms with Gasteiger partial charge in [0, 0.05) is 41.7 Å². The van der Waals surface area contributed by atoms with E-state index in [1.165, 1.54) is 18.9 Å². The van der Waals surface area contributed by atoms with Crippen LogP contribution >= 0.6 is 0 Å². The molecule has 6 nitrogen and oxygen atoms in total. The van der Waals surface area contributed by atoms with Crippen LogP contribution in [0.25, 0.3) is 16.9 Å². The van der Waals surface area contributed by atoms with Crippen molar-refractivity contribution in [1.82, 2.24) is 19.3 Å². The number of aromatic nitrogens is 4. The molecule has 2 aromatic heterocycles. The average molecular weight is 442 g/mol. The van der Waals surface area contributed by atoms with Gasteiger partial charge < -0.3 is 9.88 Å². The van der Waals surface area contributed by atoms with Gasteiger partial charge in [0.1, 0.15) is 17.3 Å². The van der Waals surface area contributed by atoms with E-state index in [1.807, 2.05) is 24.3 Å². The van der Waals surface area contributed by atoms with Crippen molar-refractivity contribution in [3.63, 3.8) is 0 Å². The van der Waals surface area contributed by atoms with Gasteiger partial charge in [0.25, 0.3) is 5.91 Å². The lowest BCUT2D eigenvalue weighted by Crippen LogP contribution is -2.15. The van der Waals surface area contributed by atoms with Crippen LogP contribution in [0, 0.1) is 5.82 Å². The molecule has 0 radical (unpaired) electrons. The molecule has 1 N–H and O–H groups in total. The smallest absolute Gasteiger partial charge is 0.276 e. The van der Waals surface area contributed by atoms with E-state index < -0.39 is 0 Å². The van der Waals surface area contributed by atoms with Gasteiger partial charge in [-0.1, -0.05) is 24.3 Å². The van der Waals surface area contributed by atoms with Gasteiger partial charge in [0.15, 0.2) is 5.69 Å². The van der Waals surface area contributed by atoms with Gasteiger partial charge in [-0.3, -0.25) is 4.79 Å². The van der Waals surface area contributed by atoms with E-state index >= 15 is 0 Å². The molecule has 1 amide bonds. The fourth-order valence-corrected chi connectivity index (χ4v) is 4.91. The lowest BCUT2D eigenvalue weighted by Gasteiger charge is -2.11. The van der Waals surface area contributed by atoms with E-state index in [9.17, 15) is 9.18 Å². The molecule has 0 unspecified atom stereocenters. The third-order valence-corrected chi connectivity index (χ3v) is 6.57. The summed E-state index contributed by atoms with van der Waals surface area (Å²) < 4.78 is 18.2. The summed E-state index contributed by atoms with van der Waals surface area (Å²) in [7, 11) is 0. The van der Waals surface area contributed by atoms with Crippen molar-refractivity contribution in [2.24, 2.45) is 0 Å². The molecule has 0 saturated heterocycles. The highest BCUT2D eigenvalue weighted by Gasteiger charge is 2.28. The van der Waals surface area contributed by atoms with E-state index in [1.54, 1.807) is 22.9 Å². The summed E-state index contributed by atoms with van der Waals surface area (Å²) in [5, 5.41) is 7.47. The van der Waals surface area contributed by atoms with Crippen LogP contribution < -0.4 is 5.32 Å². The SMILES string of the molecule is O=C(Nc1ccc(-c2cn3c(n2)CCCC3)cc1)c1nn(-c2ccccc2F)c2c1CCC2. The Morgan fingerprint density at radius 1 is 0.970 bits per heavy atom. The van der Waals surface area contributed by atoms with Crippen LogP contribution in [0.3, 0.4) is 0 Å². The summed E-state index contributed by atoms with van der Waals surface area (Å²) in [6.07, 6.45) is 8.02. The van der Waals surface area contributed by atoms with Crippen LogP contribution in [0.15, 0.2) is 54.7 Å². The van der Waals surface area contributed by atoms with E-state index in [2.05, 4.69) is 21.2 Å². The average Bonchev–Trinajstić information content (AvgIpc) is 3.55. The van der Waals surface area contributed by atoms with Gasteiger partial charge in [0.2, 0.25) is 0 Å². The highest BCUT2D eigenvalue weighted by Crippen LogP contribution is 2.29. The van der Waals surface area contributed by atoms with Gasteiger partial charge in [-0.05, 0) is 56.4 Å². The zero-order valence-corrected chi connectivity index (χ0v) is 18.2. The van der Waals surface area contributed by atoms with E-state index in [0.717, 1.165) is 60.6 Å². The second-order valence-corrected chi connectivity index (χ2v) is 8.71. The van der Waals surface area contributed by atoms with Gasteiger partial charge >= 0.3 is 0 Å². The summed E-state index contributed by atoms with van der Waals surface area (Å²) in [5.74, 6) is 0.527. The molecule has 0 bridgehead atoms. The van der Waals surface area contributed by atoms with Gasteiger partial charge in [-0.2, -0.15) is 5.10 Å². The Balaban J connectivity index is 1.25. The van der Waals surface area contributed by atoms with E-state index in [0.29, 0.717) is 17.1 Å². The molecule has 1 aliphatic carbocycles. The van der Waals surface area contributed by atoms with Crippen LogP contribution in [0.2, 0.25) is 0 Å². The number of carbonyl (C=O) groups is 1. The first-order chi connectivity index (χ1) is 16.2. The van der Waals surface area contributed by atoms with Gasteiger partial charge in [0.05, 0.1) is 5.69 Å². The molecular weight excluding hydrogens is 417 g/mol. The minimum atomic E-state index is -0.349. The van der Waals surface area contributed by atoms with Crippen LogP contribution in [-0.2, 0) is 25.8 Å². The molecule has 2 aromatic carbocycles. The zero-order valence-electron chi connectivity index (χ0n) is 18.2. The Hall–Kier alpha value is -3.74. The fourth-order valence-electron chi connectivity index (χ4n) is 4.91. The Morgan fingerprint density at radius 3 is 2.64 bits per heavy atom. The number of para-hydroxylation sites is 1. The maximum absolute atomic E-state index is 14.4. The molecule has 0 fully saturated rings. The predicted octanol–water partition coefficient (Wildman–Crippen LogP) is 4.95. The summed E-state index contributed by atoms with van der Waals surface area (Å²) in [4.78, 5) is 17.9. The third kappa shape index (κ3) is 3.53. The molecule has 166 valence electrons. The molecule has 0 spiro atoms. The van der Waals surface area contributed by atoms with Crippen LogP contribution in [0.1, 0.15) is 46.8 Å². The Morgan fingerprint density at radius 2 is 1.82 bits per heavy atom. The minimum absolute atomic E-state index is 0.270.